The number of rotatable bonds is 0. The Balaban J connectivity index is 1.83. The summed E-state index contributed by atoms with van der Waals surface area (Å²) in [5.41, 5.74) is -0.357. The Kier molecular flexibility index (Phi) is 4.47. The van der Waals surface area contributed by atoms with E-state index in [1.807, 2.05) is 0 Å². The molecule has 1 aliphatic carbocycles. The summed E-state index contributed by atoms with van der Waals surface area (Å²) < 4.78 is 4.84. The van der Waals surface area contributed by atoms with Gasteiger partial charge in [-0.05, 0) is 37.8 Å². The molecule has 0 radical (unpaired) electrons. The number of nitrogens with zero attached hydrogens (tertiary/aromatic N) is 2. The minimum absolute atomic E-state index is 0.00321. The summed E-state index contributed by atoms with van der Waals surface area (Å²) in [6.07, 6.45) is 4.34. The maximum Gasteiger partial charge on any atom is 0.409 e. The Morgan fingerprint density at radius 3 is 3.13 bits per heavy atom. The van der Waals surface area contributed by atoms with Crippen molar-refractivity contribution in [1.29, 1.82) is 0 Å². The van der Waals surface area contributed by atoms with E-state index in [-0.39, 0.29) is 18.1 Å². The molecule has 1 aromatic heterocycles. The quantitative estimate of drug-likeness (QED) is 0.585. The van der Waals surface area contributed by atoms with Gasteiger partial charge in [0, 0.05) is 30.3 Å². The SMILES string of the molecule is COC(=O)N1CC[C@@H]2[C@H]1CCC[C@@]2(O)C#Cc1ccnc(Cl)c1. The summed E-state index contributed by atoms with van der Waals surface area (Å²) in [6.45, 7) is 0.604. The summed E-state index contributed by atoms with van der Waals surface area (Å²) in [5.74, 6) is 6.00. The highest BCUT2D eigenvalue weighted by Crippen LogP contribution is 2.42. The van der Waals surface area contributed by atoms with E-state index >= 15 is 0 Å². The van der Waals surface area contributed by atoms with Crippen molar-refractivity contribution in [2.45, 2.75) is 37.3 Å². The number of methoxy groups -OCH3 is 1. The third-order valence-electron chi connectivity index (χ3n) is 4.78. The Hall–Kier alpha value is -1.77. The van der Waals surface area contributed by atoms with Gasteiger partial charge in [0.05, 0.1) is 7.11 Å². The summed E-state index contributed by atoms with van der Waals surface area (Å²) in [5, 5.41) is 11.4. The smallest absolute Gasteiger partial charge is 0.409 e. The van der Waals surface area contributed by atoms with Crippen LogP contribution in [0.3, 0.4) is 0 Å². The number of amides is 1. The number of hydrogen-bond donors (Lipinski definition) is 1. The molecule has 3 rings (SSSR count). The molecular formula is C17H19ClN2O3. The molecule has 1 saturated carbocycles. The molecule has 122 valence electrons. The lowest BCUT2D eigenvalue weighted by Crippen LogP contribution is -2.49. The first-order valence-corrected chi connectivity index (χ1v) is 8.13. The van der Waals surface area contributed by atoms with Crippen LogP contribution in [0.25, 0.3) is 0 Å². The first kappa shape index (κ1) is 16.1. The average molecular weight is 335 g/mol. The third kappa shape index (κ3) is 3.15. The van der Waals surface area contributed by atoms with Crippen molar-refractivity contribution in [1.82, 2.24) is 9.88 Å². The van der Waals surface area contributed by atoms with E-state index in [9.17, 15) is 9.90 Å². The lowest BCUT2D eigenvalue weighted by molar-refractivity contribution is -0.0136. The largest absolute Gasteiger partial charge is 0.453 e. The van der Waals surface area contributed by atoms with E-state index in [0.29, 0.717) is 18.1 Å². The van der Waals surface area contributed by atoms with Crippen LogP contribution in [0, 0.1) is 17.8 Å². The van der Waals surface area contributed by atoms with E-state index in [1.54, 1.807) is 23.2 Å². The van der Waals surface area contributed by atoms with Crippen LogP contribution in [0.2, 0.25) is 5.15 Å². The predicted molar refractivity (Wildman–Crippen MR) is 85.9 cm³/mol. The van der Waals surface area contributed by atoms with Crippen molar-refractivity contribution >= 4 is 17.7 Å². The Morgan fingerprint density at radius 1 is 1.57 bits per heavy atom. The number of halogens is 1. The first-order valence-electron chi connectivity index (χ1n) is 7.75. The van der Waals surface area contributed by atoms with Gasteiger partial charge in [-0.3, -0.25) is 0 Å². The number of aromatic nitrogens is 1. The molecule has 23 heavy (non-hydrogen) atoms. The highest BCUT2D eigenvalue weighted by molar-refractivity contribution is 6.29. The van der Waals surface area contributed by atoms with Gasteiger partial charge in [0.1, 0.15) is 10.8 Å². The monoisotopic (exact) mass is 334 g/mol. The van der Waals surface area contributed by atoms with Crippen molar-refractivity contribution in [2.24, 2.45) is 5.92 Å². The minimum Gasteiger partial charge on any atom is -0.453 e. The van der Waals surface area contributed by atoms with Crippen molar-refractivity contribution in [3.63, 3.8) is 0 Å². The molecule has 0 unspecified atom stereocenters. The summed E-state index contributed by atoms with van der Waals surface area (Å²) in [4.78, 5) is 17.5. The zero-order chi connectivity index (χ0) is 16.4. The van der Waals surface area contributed by atoms with Gasteiger partial charge in [-0.1, -0.05) is 23.4 Å². The molecule has 0 bridgehead atoms. The minimum atomic E-state index is -1.08. The number of fused-ring (bicyclic) bond motifs is 1. The molecule has 5 nitrogen and oxygen atoms in total. The van der Waals surface area contributed by atoms with Crippen molar-refractivity contribution in [2.75, 3.05) is 13.7 Å². The van der Waals surface area contributed by atoms with Crippen LogP contribution in [0.1, 0.15) is 31.2 Å². The number of hydrogen-bond acceptors (Lipinski definition) is 4. The van der Waals surface area contributed by atoms with Crippen molar-refractivity contribution in [3.8, 4) is 11.8 Å². The van der Waals surface area contributed by atoms with Crippen molar-refractivity contribution in [3.05, 3.63) is 29.0 Å². The second-order valence-corrected chi connectivity index (χ2v) is 6.45. The standard InChI is InChI=1S/C17H19ClN2O3/c1-23-16(21)20-10-6-13-14(20)3-2-7-17(13,22)8-4-12-5-9-19-15(18)11-12/h5,9,11,13-14,22H,2-3,6-7,10H2,1H3/t13-,14-,17-/m1/s1. The molecule has 1 N–H and O–H groups in total. The number of aliphatic hydroxyl groups is 1. The Morgan fingerprint density at radius 2 is 2.39 bits per heavy atom. The highest BCUT2D eigenvalue weighted by atomic mass is 35.5. The van der Waals surface area contributed by atoms with Crippen LogP contribution in [0.5, 0.6) is 0 Å². The molecule has 1 aromatic rings. The average Bonchev–Trinajstić information content (AvgIpc) is 2.98. The van der Waals surface area contributed by atoms with Crippen LogP contribution in [-0.4, -0.2) is 46.4 Å². The lowest BCUT2D eigenvalue weighted by atomic mass is 9.73. The van der Waals surface area contributed by atoms with Gasteiger partial charge in [0.15, 0.2) is 0 Å². The van der Waals surface area contributed by atoms with Gasteiger partial charge in [-0.15, -0.1) is 0 Å². The maximum atomic E-state index is 11.9. The van der Waals surface area contributed by atoms with E-state index < -0.39 is 5.60 Å². The zero-order valence-electron chi connectivity index (χ0n) is 13.0. The maximum absolute atomic E-state index is 11.9. The van der Waals surface area contributed by atoms with Gasteiger partial charge in [-0.2, -0.15) is 0 Å². The molecule has 2 aliphatic rings. The van der Waals surface area contributed by atoms with Crippen molar-refractivity contribution < 1.29 is 14.6 Å². The van der Waals surface area contributed by atoms with Crippen LogP contribution in [0.15, 0.2) is 18.3 Å². The second-order valence-electron chi connectivity index (χ2n) is 6.06. The molecule has 0 spiro atoms. The van der Waals surface area contributed by atoms with E-state index in [4.69, 9.17) is 16.3 Å². The van der Waals surface area contributed by atoms with Gasteiger partial charge < -0.3 is 14.7 Å². The molecule has 1 amide bonds. The summed E-state index contributed by atoms with van der Waals surface area (Å²) in [6, 6.07) is 3.43. The number of ether oxygens (including phenoxy) is 1. The van der Waals surface area contributed by atoms with Crippen LogP contribution in [0.4, 0.5) is 4.79 Å². The fourth-order valence-corrected chi connectivity index (χ4v) is 3.87. The number of carbonyl (C=O) groups excluding carboxylic acids is 1. The van der Waals surface area contributed by atoms with Crippen LogP contribution in [-0.2, 0) is 4.74 Å². The molecule has 1 saturated heterocycles. The second kappa shape index (κ2) is 6.38. The zero-order valence-corrected chi connectivity index (χ0v) is 13.7. The fourth-order valence-electron chi connectivity index (χ4n) is 3.69. The normalized spacial score (nSPS) is 29.4. The van der Waals surface area contributed by atoms with E-state index in [1.165, 1.54) is 7.11 Å². The molecule has 2 heterocycles. The predicted octanol–water partition coefficient (Wildman–Crippen LogP) is 2.46. The molecule has 6 heteroatoms. The first-order chi connectivity index (χ1) is 11.0. The molecule has 1 aliphatic heterocycles. The van der Waals surface area contributed by atoms with E-state index in [2.05, 4.69) is 16.8 Å². The summed E-state index contributed by atoms with van der Waals surface area (Å²) >= 11 is 5.86. The lowest BCUT2D eigenvalue weighted by Gasteiger charge is -2.39. The topological polar surface area (TPSA) is 62.7 Å². The number of carbonyl (C=O) groups is 1. The van der Waals surface area contributed by atoms with Gasteiger partial charge in [0.2, 0.25) is 0 Å². The van der Waals surface area contributed by atoms with Crippen LogP contribution >= 0.6 is 11.6 Å². The van der Waals surface area contributed by atoms with Gasteiger partial charge in [0.25, 0.3) is 0 Å². The Labute approximate surface area is 140 Å². The number of pyridine rings is 1. The van der Waals surface area contributed by atoms with E-state index in [0.717, 1.165) is 24.8 Å². The molecule has 0 aromatic carbocycles. The molecule has 3 atom stereocenters. The van der Waals surface area contributed by atoms with Crippen LogP contribution < -0.4 is 0 Å². The van der Waals surface area contributed by atoms with Gasteiger partial charge in [-0.25, -0.2) is 9.78 Å². The third-order valence-corrected chi connectivity index (χ3v) is 4.98. The highest BCUT2D eigenvalue weighted by Gasteiger charge is 2.50. The number of likely N-dealkylation sites (tertiary alicyclic amines) is 1. The Bertz CT molecular complexity index is 669. The summed E-state index contributed by atoms with van der Waals surface area (Å²) in [7, 11) is 1.39. The fraction of sp³-hybridized carbons (Fsp3) is 0.529. The molecular weight excluding hydrogens is 316 g/mol. The van der Waals surface area contributed by atoms with Gasteiger partial charge >= 0.3 is 6.09 Å². The molecule has 2 fully saturated rings.